The monoisotopic (exact) mass is 428 g/mol. The van der Waals surface area contributed by atoms with E-state index in [2.05, 4.69) is 52.5 Å². The molecule has 2 unspecified atom stereocenters. The van der Waals surface area contributed by atoms with Crippen LogP contribution in [0.4, 0.5) is 0 Å². The molecule has 7 heteroatoms. The third-order valence-corrected chi connectivity index (χ3v) is 7.73. The molecule has 1 N–H and O–H groups in total. The van der Waals surface area contributed by atoms with Crippen molar-refractivity contribution in [2.24, 2.45) is 10.9 Å². The standard InChI is InChI=1S/C23H32N4O2S/c1-18-17-27(15-14-21(18)19-10-6-5-7-11-19)23(24-2)25-16-20-12-8-9-13-22(20)30(28,29)26(3)4/h5-13,18,21H,14-17H2,1-4H3,(H,24,25). The second-order valence-corrected chi connectivity index (χ2v) is 10.1. The van der Waals surface area contributed by atoms with Crippen molar-refractivity contribution in [1.82, 2.24) is 14.5 Å². The number of guanidine groups is 1. The Labute approximate surface area is 180 Å². The number of sulfonamides is 1. The van der Waals surface area contributed by atoms with E-state index in [4.69, 9.17) is 0 Å². The molecule has 3 rings (SSSR count). The van der Waals surface area contributed by atoms with Crippen LogP contribution in [0, 0.1) is 5.92 Å². The summed E-state index contributed by atoms with van der Waals surface area (Å²) >= 11 is 0. The Hall–Kier alpha value is -2.38. The molecule has 0 aliphatic carbocycles. The lowest BCUT2D eigenvalue weighted by atomic mass is 9.82. The third-order valence-electron chi connectivity index (χ3n) is 5.81. The lowest BCUT2D eigenvalue weighted by Gasteiger charge is -2.39. The van der Waals surface area contributed by atoms with E-state index in [9.17, 15) is 8.42 Å². The first-order valence-corrected chi connectivity index (χ1v) is 11.8. The minimum Gasteiger partial charge on any atom is -0.352 e. The molecule has 162 valence electrons. The van der Waals surface area contributed by atoms with Crippen molar-refractivity contribution in [3.63, 3.8) is 0 Å². The average Bonchev–Trinajstić information content (AvgIpc) is 2.75. The fourth-order valence-electron chi connectivity index (χ4n) is 4.14. The maximum absolute atomic E-state index is 12.6. The summed E-state index contributed by atoms with van der Waals surface area (Å²) in [5, 5.41) is 3.37. The number of piperidine rings is 1. The Morgan fingerprint density at radius 3 is 2.43 bits per heavy atom. The molecule has 2 atom stereocenters. The molecule has 6 nitrogen and oxygen atoms in total. The van der Waals surface area contributed by atoms with Crippen molar-refractivity contribution >= 4 is 16.0 Å². The molecule has 0 bridgehead atoms. The molecule has 1 saturated heterocycles. The molecule has 1 fully saturated rings. The zero-order chi connectivity index (χ0) is 21.7. The highest BCUT2D eigenvalue weighted by molar-refractivity contribution is 7.89. The van der Waals surface area contributed by atoms with E-state index in [-0.39, 0.29) is 0 Å². The predicted molar refractivity (Wildman–Crippen MR) is 122 cm³/mol. The molecule has 1 heterocycles. The lowest BCUT2D eigenvalue weighted by Crippen LogP contribution is -2.47. The smallest absolute Gasteiger partial charge is 0.242 e. The fourth-order valence-corrected chi connectivity index (χ4v) is 5.25. The number of hydrogen-bond acceptors (Lipinski definition) is 3. The highest BCUT2D eigenvalue weighted by Gasteiger charge is 2.29. The van der Waals surface area contributed by atoms with Crippen LogP contribution in [0.15, 0.2) is 64.5 Å². The Morgan fingerprint density at radius 2 is 1.80 bits per heavy atom. The summed E-state index contributed by atoms with van der Waals surface area (Å²) in [4.78, 5) is 7.06. The maximum atomic E-state index is 12.6. The number of aliphatic imine (C=N–C) groups is 1. The van der Waals surface area contributed by atoms with Gasteiger partial charge in [-0.05, 0) is 35.4 Å². The van der Waals surface area contributed by atoms with Crippen LogP contribution < -0.4 is 5.32 Å². The molecule has 30 heavy (non-hydrogen) atoms. The maximum Gasteiger partial charge on any atom is 0.242 e. The number of nitrogens with zero attached hydrogens (tertiary/aromatic N) is 3. The molecule has 0 saturated carbocycles. The van der Waals surface area contributed by atoms with Crippen LogP contribution in [-0.2, 0) is 16.6 Å². The minimum absolute atomic E-state index is 0.328. The highest BCUT2D eigenvalue weighted by Crippen LogP contribution is 2.32. The summed E-state index contributed by atoms with van der Waals surface area (Å²) in [6, 6.07) is 17.8. The Bertz CT molecular complexity index is 974. The molecule has 0 spiro atoms. The van der Waals surface area contributed by atoms with E-state index >= 15 is 0 Å². The van der Waals surface area contributed by atoms with Crippen LogP contribution in [-0.4, -0.2) is 57.8 Å². The van der Waals surface area contributed by atoms with Crippen LogP contribution in [0.5, 0.6) is 0 Å². The summed E-state index contributed by atoms with van der Waals surface area (Å²) in [6.07, 6.45) is 1.07. The van der Waals surface area contributed by atoms with Crippen LogP contribution >= 0.6 is 0 Å². The van der Waals surface area contributed by atoms with E-state index < -0.39 is 10.0 Å². The van der Waals surface area contributed by atoms with Crippen molar-refractivity contribution in [2.75, 3.05) is 34.2 Å². The van der Waals surface area contributed by atoms with Gasteiger partial charge in [0.05, 0.1) is 4.90 Å². The first-order valence-electron chi connectivity index (χ1n) is 10.4. The van der Waals surface area contributed by atoms with Crippen LogP contribution in [0.25, 0.3) is 0 Å². The summed E-state index contributed by atoms with van der Waals surface area (Å²) < 4.78 is 26.5. The van der Waals surface area contributed by atoms with Crippen LogP contribution in [0.1, 0.15) is 30.4 Å². The van der Waals surface area contributed by atoms with Gasteiger partial charge < -0.3 is 10.2 Å². The molecule has 0 aromatic heterocycles. The Kier molecular flexibility index (Phi) is 7.15. The lowest BCUT2D eigenvalue weighted by molar-refractivity contribution is 0.234. The van der Waals surface area contributed by atoms with E-state index in [1.54, 1.807) is 33.3 Å². The molecule has 1 aliphatic heterocycles. The quantitative estimate of drug-likeness (QED) is 0.587. The first kappa shape index (κ1) is 22.3. The van der Waals surface area contributed by atoms with Gasteiger partial charge in [0.2, 0.25) is 10.0 Å². The minimum atomic E-state index is -3.49. The number of benzene rings is 2. The number of hydrogen-bond donors (Lipinski definition) is 1. The van der Waals surface area contributed by atoms with Gasteiger partial charge in [-0.25, -0.2) is 12.7 Å². The van der Waals surface area contributed by atoms with Gasteiger partial charge in [0.1, 0.15) is 0 Å². The molecule has 2 aromatic carbocycles. The van der Waals surface area contributed by atoms with Gasteiger partial charge in [-0.1, -0.05) is 55.5 Å². The molecule has 2 aromatic rings. The van der Waals surface area contributed by atoms with E-state index in [1.165, 1.54) is 9.87 Å². The normalized spacial score (nSPS) is 20.4. The van der Waals surface area contributed by atoms with E-state index in [0.29, 0.717) is 23.3 Å². The summed E-state index contributed by atoms with van der Waals surface area (Å²) in [6.45, 7) is 4.52. The van der Waals surface area contributed by atoms with E-state index in [1.807, 2.05) is 12.1 Å². The third kappa shape index (κ3) is 4.84. The summed E-state index contributed by atoms with van der Waals surface area (Å²) in [5.74, 6) is 1.86. The molecule has 0 radical (unpaired) electrons. The van der Waals surface area contributed by atoms with Gasteiger partial charge in [0, 0.05) is 40.8 Å². The van der Waals surface area contributed by atoms with Crippen molar-refractivity contribution in [1.29, 1.82) is 0 Å². The topological polar surface area (TPSA) is 65.0 Å². The van der Waals surface area contributed by atoms with Gasteiger partial charge in [-0.2, -0.15) is 0 Å². The van der Waals surface area contributed by atoms with Gasteiger partial charge in [-0.15, -0.1) is 0 Å². The Morgan fingerprint density at radius 1 is 1.13 bits per heavy atom. The van der Waals surface area contributed by atoms with Gasteiger partial charge in [0.25, 0.3) is 0 Å². The van der Waals surface area contributed by atoms with Crippen molar-refractivity contribution < 1.29 is 8.42 Å². The molecule has 0 amide bonds. The largest absolute Gasteiger partial charge is 0.352 e. The highest BCUT2D eigenvalue weighted by atomic mass is 32.2. The second-order valence-electron chi connectivity index (χ2n) is 8.03. The van der Waals surface area contributed by atoms with Crippen molar-refractivity contribution in [3.8, 4) is 0 Å². The fraction of sp³-hybridized carbons (Fsp3) is 0.435. The van der Waals surface area contributed by atoms with Gasteiger partial charge >= 0.3 is 0 Å². The molecular weight excluding hydrogens is 396 g/mol. The zero-order valence-corrected chi connectivity index (χ0v) is 19.1. The average molecular weight is 429 g/mol. The van der Waals surface area contributed by atoms with Gasteiger partial charge in [0.15, 0.2) is 5.96 Å². The van der Waals surface area contributed by atoms with Crippen LogP contribution in [0.2, 0.25) is 0 Å². The molecular formula is C23H32N4O2S. The van der Waals surface area contributed by atoms with Crippen molar-refractivity contribution in [3.05, 3.63) is 65.7 Å². The van der Waals surface area contributed by atoms with Gasteiger partial charge in [-0.3, -0.25) is 4.99 Å². The number of rotatable bonds is 5. The first-order chi connectivity index (χ1) is 14.3. The van der Waals surface area contributed by atoms with E-state index in [0.717, 1.165) is 31.0 Å². The summed E-state index contributed by atoms with van der Waals surface area (Å²) in [5.41, 5.74) is 2.13. The number of nitrogens with one attached hydrogen (secondary N) is 1. The molecule has 1 aliphatic rings. The Balaban J connectivity index is 1.68. The second kappa shape index (κ2) is 9.62. The predicted octanol–water partition coefficient (Wildman–Crippen LogP) is 3.14. The van der Waals surface area contributed by atoms with Crippen molar-refractivity contribution in [2.45, 2.75) is 30.7 Å². The summed E-state index contributed by atoms with van der Waals surface area (Å²) in [7, 11) is 1.39. The van der Waals surface area contributed by atoms with Crippen LogP contribution in [0.3, 0.4) is 0 Å². The SMILES string of the molecule is CN=C(NCc1ccccc1S(=O)(=O)N(C)C)N1CCC(c2ccccc2)C(C)C1. The zero-order valence-electron chi connectivity index (χ0n) is 18.2. The number of likely N-dealkylation sites (tertiary alicyclic amines) is 1.